The quantitative estimate of drug-likeness (QED) is 0.0243. The summed E-state index contributed by atoms with van der Waals surface area (Å²) in [5.41, 5.74) is 0. The van der Waals surface area contributed by atoms with Crippen LogP contribution in [0.4, 0.5) is 0 Å². The van der Waals surface area contributed by atoms with Crippen molar-refractivity contribution in [2.24, 2.45) is 0 Å². The van der Waals surface area contributed by atoms with E-state index < -0.39 is 20.0 Å². The van der Waals surface area contributed by atoms with E-state index in [2.05, 4.69) is 92.1 Å². The normalized spacial score (nSPS) is 14.1. The van der Waals surface area contributed by atoms with Crippen LogP contribution in [0.25, 0.3) is 0 Å². The molecule has 0 aromatic heterocycles. The zero-order chi connectivity index (χ0) is 58.4. The lowest BCUT2D eigenvalue weighted by molar-refractivity contribution is -0.870. The van der Waals surface area contributed by atoms with Crippen molar-refractivity contribution >= 4 is 13.7 Å². The summed E-state index contributed by atoms with van der Waals surface area (Å²) in [4.78, 5) is 23.5. The molecule has 0 aliphatic rings. The zero-order valence-electron chi connectivity index (χ0n) is 53.6. The first-order valence-electron chi connectivity index (χ1n) is 34.3. The molecule has 1 amide bonds. The standard InChI is InChI=1S/C71H133N2O6P/c1-6-8-10-12-14-16-18-20-22-24-26-28-30-32-34-35-36-37-39-41-43-45-47-49-51-53-55-57-59-61-63-65-71(75)72-69(68-79-80(76,77)78-67-66-73(3,4)5)70(74)64-62-60-58-56-54-52-50-48-46-44-42-40-38-33-31-29-27-25-23-21-19-17-15-13-11-9-7-2/h8,10,14,16,20,22,26,28,32,34,36-37,69-70,74H,6-7,9,11-13,15,17-19,21,23-25,27,29-31,33,35,38-68H2,1-5H3,(H-,72,75,76,77)/p+1/b10-8-,16-14-,22-20-,28-26-,34-32-,37-36-. The number of quaternary nitrogens is 1. The maximum absolute atomic E-state index is 13.1. The zero-order valence-corrected chi connectivity index (χ0v) is 54.5. The van der Waals surface area contributed by atoms with E-state index in [9.17, 15) is 19.4 Å². The number of nitrogens with one attached hydrogen (secondary N) is 1. The fraction of sp³-hybridized carbons (Fsp3) is 0.817. The van der Waals surface area contributed by atoms with Crippen LogP contribution in [0.3, 0.4) is 0 Å². The number of nitrogens with zero attached hydrogens (tertiary/aromatic N) is 1. The van der Waals surface area contributed by atoms with Gasteiger partial charge in [0.2, 0.25) is 5.91 Å². The van der Waals surface area contributed by atoms with Crippen LogP contribution in [0.15, 0.2) is 72.9 Å². The minimum atomic E-state index is -4.33. The summed E-state index contributed by atoms with van der Waals surface area (Å²) in [6, 6.07) is -0.767. The molecule has 0 aromatic rings. The maximum Gasteiger partial charge on any atom is 0.472 e. The summed E-state index contributed by atoms with van der Waals surface area (Å²) in [5.74, 6) is -0.144. The highest BCUT2D eigenvalue weighted by Gasteiger charge is 2.28. The molecule has 0 bridgehead atoms. The van der Waals surface area contributed by atoms with Crippen LogP contribution in [0.2, 0.25) is 0 Å². The number of allylic oxidation sites excluding steroid dienone is 12. The number of hydrogen-bond acceptors (Lipinski definition) is 5. The number of phosphoric acid groups is 1. The molecular weight excluding hydrogens is 1010 g/mol. The smallest absolute Gasteiger partial charge is 0.391 e. The van der Waals surface area contributed by atoms with Crippen molar-refractivity contribution in [2.75, 3.05) is 40.9 Å². The number of carbonyl (C=O) groups is 1. The van der Waals surface area contributed by atoms with Crippen molar-refractivity contribution in [1.82, 2.24) is 5.32 Å². The second kappa shape index (κ2) is 61.5. The minimum Gasteiger partial charge on any atom is -0.391 e. The number of rotatable bonds is 63. The third-order valence-electron chi connectivity index (χ3n) is 15.5. The first kappa shape index (κ1) is 77.9. The molecule has 3 atom stereocenters. The summed E-state index contributed by atoms with van der Waals surface area (Å²) >= 11 is 0. The number of carbonyl (C=O) groups excluding carboxylic acids is 1. The van der Waals surface area contributed by atoms with Crippen molar-refractivity contribution in [1.29, 1.82) is 0 Å². The number of amides is 1. The van der Waals surface area contributed by atoms with Gasteiger partial charge in [-0.2, -0.15) is 0 Å². The van der Waals surface area contributed by atoms with E-state index in [1.54, 1.807) is 0 Å². The second-order valence-electron chi connectivity index (χ2n) is 24.5. The Hall–Kier alpha value is -2.06. The Morgan fingerprint density at radius 2 is 0.750 bits per heavy atom. The Balaban J connectivity index is 4.07. The molecule has 0 aliphatic heterocycles. The molecule has 0 radical (unpaired) electrons. The molecule has 0 aromatic carbocycles. The number of unbranched alkanes of at least 4 members (excludes halogenated alkanes) is 38. The second-order valence-corrected chi connectivity index (χ2v) is 26.0. The number of hydrogen-bond donors (Lipinski definition) is 3. The largest absolute Gasteiger partial charge is 0.472 e. The first-order valence-corrected chi connectivity index (χ1v) is 35.8. The summed E-state index contributed by atoms with van der Waals surface area (Å²) in [5, 5.41) is 14.1. The summed E-state index contributed by atoms with van der Waals surface area (Å²) in [7, 11) is 1.62. The monoisotopic (exact) mass is 1140 g/mol. The van der Waals surface area contributed by atoms with Crippen LogP contribution >= 0.6 is 7.82 Å². The summed E-state index contributed by atoms with van der Waals surface area (Å²) < 4.78 is 23.9. The van der Waals surface area contributed by atoms with E-state index in [1.807, 2.05) is 21.1 Å². The van der Waals surface area contributed by atoms with Crippen molar-refractivity contribution in [2.45, 2.75) is 334 Å². The van der Waals surface area contributed by atoms with Crippen molar-refractivity contribution in [3.63, 3.8) is 0 Å². The van der Waals surface area contributed by atoms with Crippen LogP contribution in [0.1, 0.15) is 322 Å². The third kappa shape index (κ3) is 63.5. The topological polar surface area (TPSA) is 105 Å². The van der Waals surface area contributed by atoms with E-state index in [1.165, 1.54) is 218 Å². The number of aliphatic hydroxyl groups excluding tert-OH is 1. The van der Waals surface area contributed by atoms with Gasteiger partial charge in [0.05, 0.1) is 39.9 Å². The van der Waals surface area contributed by atoms with Crippen LogP contribution in [-0.4, -0.2) is 73.4 Å². The van der Waals surface area contributed by atoms with Gasteiger partial charge in [0.15, 0.2) is 0 Å². The molecule has 0 heterocycles. The van der Waals surface area contributed by atoms with Gasteiger partial charge in [-0.25, -0.2) is 4.57 Å². The van der Waals surface area contributed by atoms with E-state index >= 15 is 0 Å². The predicted molar refractivity (Wildman–Crippen MR) is 350 cm³/mol. The van der Waals surface area contributed by atoms with Crippen molar-refractivity contribution in [3.8, 4) is 0 Å². The Kier molecular flexibility index (Phi) is 59.9. The lowest BCUT2D eigenvalue weighted by Crippen LogP contribution is -2.46. The third-order valence-corrected chi connectivity index (χ3v) is 16.5. The van der Waals surface area contributed by atoms with Crippen LogP contribution in [0, 0.1) is 0 Å². The maximum atomic E-state index is 13.1. The van der Waals surface area contributed by atoms with Crippen LogP contribution < -0.4 is 5.32 Å². The molecule has 468 valence electrons. The minimum absolute atomic E-state index is 0.0727. The van der Waals surface area contributed by atoms with E-state index in [-0.39, 0.29) is 19.1 Å². The van der Waals surface area contributed by atoms with Gasteiger partial charge in [-0.05, 0) is 64.2 Å². The van der Waals surface area contributed by atoms with Gasteiger partial charge in [0, 0.05) is 6.42 Å². The highest BCUT2D eigenvalue weighted by molar-refractivity contribution is 7.47. The number of phosphoric ester groups is 1. The van der Waals surface area contributed by atoms with Gasteiger partial charge in [-0.15, -0.1) is 0 Å². The number of likely N-dealkylation sites (N-methyl/N-ethyl adjacent to an activating group) is 1. The molecule has 3 unspecified atom stereocenters. The van der Waals surface area contributed by atoms with Gasteiger partial charge >= 0.3 is 7.82 Å². The van der Waals surface area contributed by atoms with Gasteiger partial charge < -0.3 is 19.8 Å². The molecule has 0 saturated heterocycles. The Labute approximate surface area is 497 Å². The van der Waals surface area contributed by atoms with E-state index in [4.69, 9.17) is 9.05 Å². The molecule has 0 saturated carbocycles. The highest BCUT2D eigenvalue weighted by Crippen LogP contribution is 2.43. The Morgan fingerprint density at radius 1 is 0.438 bits per heavy atom. The molecule has 9 heteroatoms. The van der Waals surface area contributed by atoms with Gasteiger partial charge in [-0.3, -0.25) is 13.8 Å². The Bertz CT molecular complexity index is 1530. The SMILES string of the molecule is CC/C=C\C/C=C\C/C=C\C/C=C\C/C=C\C/C=C\CCCCCCCCCCCCCCC(=O)NC(COP(=O)(O)OCC[N+](C)(C)C)C(O)CCCCCCCCCCCCCCCCCCCCCCCCCCCCC. The highest BCUT2D eigenvalue weighted by atomic mass is 31.2. The number of aliphatic hydroxyl groups is 1. The summed E-state index contributed by atoms with van der Waals surface area (Å²) in [6.45, 7) is 4.81. The molecule has 0 fully saturated rings. The van der Waals surface area contributed by atoms with Crippen molar-refractivity contribution < 1.29 is 32.9 Å². The molecule has 0 rings (SSSR count). The molecule has 3 N–H and O–H groups in total. The summed E-state index contributed by atoms with van der Waals surface area (Å²) in [6.07, 6.45) is 85.6. The average molecular weight is 1140 g/mol. The lowest BCUT2D eigenvalue weighted by Gasteiger charge is -2.26. The van der Waals surface area contributed by atoms with Gasteiger partial charge in [0.1, 0.15) is 13.2 Å². The fourth-order valence-electron chi connectivity index (χ4n) is 10.2. The average Bonchev–Trinajstić information content (AvgIpc) is 3.42. The van der Waals surface area contributed by atoms with E-state index in [0.717, 1.165) is 77.0 Å². The molecule has 0 aliphatic carbocycles. The molecular formula is C71H134N2O6P+. The predicted octanol–water partition coefficient (Wildman–Crippen LogP) is 21.8. The van der Waals surface area contributed by atoms with E-state index in [0.29, 0.717) is 23.9 Å². The van der Waals surface area contributed by atoms with Gasteiger partial charge in [-0.1, -0.05) is 324 Å². The Morgan fingerprint density at radius 3 is 1.10 bits per heavy atom. The van der Waals surface area contributed by atoms with Crippen LogP contribution in [0.5, 0.6) is 0 Å². The molecule has 8 nitrogen and oxygen atoms in total. The van der Waals surface area contributed by atoms with Crippen molar-refractivity contribution in [3.05, 3.63) is 72.9 Å². The lowest BCUT2D eigenvalue weighted by atomic mass is 10.0. The fourth-order valence-corrected chi connectivity index (χ4v) is 10.9. The molecule has 80 heavy (non-hydrogen) atoms. The van der Waals surface area contributed by atoms with Crippen LogP contribution in [-0.2, 0) is 18.4 Å². The first-order chi connectivity index (χ1) is 39.0. The molecule has 0 spiro atoms. The van der Waals surface area contributed by atoms with Gasteiger partial charge in [0.25, 0.3) is 0 Å².